The number of rotatable bonds is 6. The van der Waals surface area contributed by atoms with Crippen molar-refractivity contribution in [3.05, 3.63) is 69.9 Å². The Bertz CT molecular complexity index is 1030. The summed E-state index contributed by atoms with van der Waals surface area (Å²) in [5.41, 5.74) is 5.74. The number of piperidine rings is 1. The molecule has 0 spiro atoms. The Kier molecular flexibility index (Phi) is 5.51. The average Bonchev–Trinajstić information content (AvgIpc) is 3.57. The Morgan fingerprint density at radius 2 is 2.10 bits per heavy atom. The molecule has 0 radical (unpaired) electrons. The zero-order valence-electron chi connectivity index (χ0n) is 17.4. The number of aromatic nitrogens is 2. The maximum absolute atomic E-state index is 14.8. The van der Waals surface area contributed by atoms with Crippen LogP contribution >= 0.6 is 0 Å². The number of aromatic amines is 1. The minimum atomic E-state index is -2.97. The van der Waals surface area contributed by atoms with Crippen molar-refractivity contribution in [2.45, 2.75) is 43.6 Å². The molecule has 1 saturated heterocycles. The predicted octanol–water partition coefficient (Wildman–Crippen LogP) is 3.02. The summed E-state index contributed by atoms with van der Waals surface area (Å²) in [6, 6.07) is 6.23. The summed E-state index contributed by atoms with van der Waals surface area (Å²) < 4.78 is 29.5. The van der Waals surface area contributed by atoms with Crippen LogP contribution < -0.4 is 11.3 Å². The summed E-state index contributed by atoms with van der Waals surface area (Å²) in [5.74, 6) is -4.17. The number of amides is 1. The first-order valence-corrected chi connectivity index (χ1v) is 10.5. The number of pyridine rings is 2. The van der Waals surface area contributed by atoms with Crippen molar-refractivity contribution in [3.63, 3.8) is 0 Å². The number of allylic oxidation sites excluding steroid dienone is 1. The molecule has 1 amide bonds. The van der Waals surface area contributed by atoms with E-state index >= 15 is 0 Å². The van der Waals surface area contributed by atoms with Gasteiger partial charge in [0.05, 0.1) is 11.6 Å². The molecule has 0 bridgehead atoms. The number of hydrogen-bond acceptors (Lipinski definition) is 4. The molecule has 0 aromatic carbocycles. The average molecular weight is 428 g/mol. The molecule has 3 N–H and O–H groups in total. The number of hydrogen-bond donors (Lipinski definition) is 2. The van der Waals surface area contributed by atoms with Gasteiger partial charge in [0.25, 0.3) is 5.92 Å². The van der Waals surface area contributed by atoms with E-state index in [0.29, 0.717) is 17.2 Å². The van der Waals surface area contributed by atoms with Crippen LogP contribution in [0.4, 0.5) is 8.78 Å². The number of nitrogens with two attached hydrogens (primary N) is 1. The molecule has 1 aliphatic heterocycles. The van der Waals surface area contributed by atoms with Crippen LogP contribution in [-0.4, -0.2) is 39.8 Å². The lowest BCUT2D eigenvalue weighted by molar-refractivity contribution is -0.139. The van der Waals surface area contributed by atoms with Gasteiger partial charge >= 0.3 is 0 Å². The van der Waals surface area contributed by atoms with Crippen LogP contribution in [0.15, 0.2) is 47.5 Å². The van der Waals surface area contributed by atoms with E-state index in [9.17, 15) is 18.4 Å². The molecule has 164 valence electrons. The number of likely N-dealkylation sites (tertiary alicyclic amines) is 1. The van der Waals surface area contributed by atoms with Gasteiger partial charge in [-0.15, -0.1) is 0 Å². The molecular weight excluding hydrogens is 402 g/mol. The first-order chi connectivity index (χ1) is 14.7. The van der Waals surface area contributed by atoms with Gasteiger partial charge in [-0.2, -0.15) is 0 Å². The van der Waals surface area contributed by atoms with Crippen molar-refractivity contribution in [2.24, 2.45) is 11.7 Å². The summed E-state index contributed by atoms with van der Waals surface area (Å²) in [6.45, 7) is 1.53. The van der Waals surface area contributed by atoms with Crippen molar-refractivity contribution in [1.29, 1.82) is 0 Å². The molecular formula is C23H26F2N4O2. The lowest BCUT2D eigenvalue weighted by Gasteiger charge is -2.46. The Balaban J connectivity index is 1.62. The molecule has 2 aromatic rings. The second-order valence-corrected chi connectivity index (χ2v) is 8.61. The predicted molar refractivity (Wildman–Crippen MR) is 113 cm³/mol. The van der Waals surface area contributed by atoms with Gasteiger partial charge in [-0.3, -0.25) is 19.5 Å². The largest absolute Gasteiger partial charge is 0.368 e. The Hall–Kier alpha value is -2.87. The molecule has 2 aliphatic rings. The number of H-pyrrole nitrogens is 1. The van der Waals surface area contributed by atoms with Gasteiger partial charge in [-0.05, 0) is 42.9 Å². The highest BCUT2D eigenvalue weighted by Gasteiger charge is 2.51. The smallest absolute Gasteiger partial charge is 0.257 e. The number of nitrogens with zero attached hydrogens (tertiary/aromatic N) is 2. The summed E-state index contributed by atoms with van der Waals surface area (Å²) in [6.07, 6.45) is 9.12. The molecule has 6 nitrogen and oxygen atoms in total. The SMILES string of the molecule is CC(C(N)=O)(c1ccc(/C=C\C2CC2)cn1)N1CCC(F)(F)[C@@H](c2ccc(=O)[nH]c2)C1. The number of alkyl halides is 2. The lowest BCUT2D eigenvalue weighted by atomic mass is 9.83. The number of carbonyl (C=O) groups excluding carboxylic acids is 1. The Morgan fingerprint density at radius 1 is 1.32 bits per heavy atom. The molecule has 3 heterocycles. The van der Waals surface area contributed by atoms with Gasteiger partial charge in [0.1, 0.15) is 5.54 Å². The molecule has 1 aliphatic carbocycles. The van der Waals surface area contributed by atoms with Gasteiger partial charge in [-0.25, -0.2) is 8.78 Å². The summed E-state index contributed by atoms with van der Waals surface area (Å²) in [7, 11) is 0. The topological polar surface area (TPSA) is 92.1 Å². The highest BCUT2D eigenvalue weighted by Crippen LogP contribution is 2.43. The lowest BCUT2D eigenvalue weighted by Crippen LogP contribution is -2.59. The third kappa shape index (κ3) is 4.30. The van der Waals surface area contributed by atoms with Crippen molar-refractivity contribution >= 4 is 12.0 Å². The van der Waals surface area contributed by atoms with Crippen LogP contribution in [0.5, 0.6) is 0 Å². The van der Waals surface area contributed by atoms with Crippen LogP contribution in [0.1, 0.15) is 48.9 Å². The molecule has 31 heavy (non-hydrogen) atoms. The number of nitrogens with one attached hydrogen (secondary N) is 1. The van der Waals surface area contributed by atoms with Crippen molar-refractivity contribution < 1.29 is 13.6 Å². The van der Waals surface area contributed by atoms with Crippen LogP contribution in [0.3, 0.4) is 0 Å². The van der Waals surface area contributed by atoms with Crippen LogP contribution in [0.25, 0.3) is 6.08 Å². The molecule has 2 aromatic heterocycles. The van der Waals surface area contributed by atoms with Crippen LogP contribution in [-0.2, 0) is 10.3 Å². The first kappa shape index (κ1) is 21.4. The second kappa shape index (κ2) is 8.00. The zero-order chi connectivity index (χ0) is 22.2. The van der Waals surface area contributed by atoms with Gasteiger partial charge in [-0.1, -0.05) is 24.3 Å². The van der Waals surface area contributed by atoms with Gasteiger partial charge in [0.15, 0.2) is 0 Å². The van der Waals surface area contributed by atoms with E-state index in [-0.39, 0.29) is 18.6 Å². The fourth-order valence-electron chi connectivity index (χ4n) is 4.07. The van der Waals surface area contributed by atoms with E-state index in [2.05, 4.69) is 16.0 Å². The molecule has 2 atom stereocenters. The number of carbonyl (C=O) groups is 1. The summed E-state index contributed by atoms with van der Waals surface area (Å²) in [4.78, 5) is 32.5. The number of primary amides is 1. The Morgan fingerprint density at radius 3 is 2.68 bits per heavy atom. The maximum Gasteiger partial charge on any atom is 0.257 e. The van der Waals surface area contributed by atoms with E-state index in [1.807, 2.05) is 12.1 Å². The quantitative estimate of drug-likeness (QED) is 0.740. The monoisotopic (exact) mass is 428 g/mol. The summed E-state index contributed by atoms with van der Waals surface area (Å²) in [5, 5.41) is 0. The van der Waals surface area contributed by atoms with E-state index in [1.54, 1.807) is 24.1 Å². The highest BCUT2D eigenvalue weighted by atomic mass is 19.3. The van der Waals surface area contributed by atoms with Crippen molar-refractivity contribution in [2.75, 3.05) is 13.1 Å². The molecule has 2 fully saturated rings. The van der Waals surface area contributed by atoms with E-state index in [1.165, 1.54) is 31.2 Å². The molecule has 8 heteroatoms. The van der Waals surface area contributed by atoms with Crippen molar-refractivity contribution in [3.8, 4) is 0 Å². The summed E-state index contributed by atoms with van der Waals surface area (Å²) >= 11 is 0. The zero-order valence-corrected chi connectivity index (χ0v) is 17.4. The van der Waals surface area contributed by atoms with E-state index in [4.69, 9.17) is 5.73 Å². The van der Waals surface area contributed by atoms with Crippen molar-refractivity contribution in [1.82, 2.24) is 14.9 Å². The maximum atomic E-state index is 14.8. The fourth-order valence-corrected chi connectivity index (χ4v) is 4.07. The van der Waals surface area contributed by atoms with Gasteiger partial charge in [0, 0.05) is 38.0 Å². The highest BCUT2D eigenvalue weighted by molar-refractivity contribution is 5.85. The van der Waals surface area contributed by atoms with E-state index in [0.717, 1.165) is 5.56 Å². The van der Waals surface area contributed by atoms with Gasteiger partial charge < -0.3 is 10.7 Å². The molecule has 1 unspecified atom stereocenters. The van der Waals surface area contributed by atoms with Crippen LogP contribution in [0, 0.1) is 5.92 Å². The van der Waals surface area contributed by atoms with E-state index < -0.39 is 29.7 Å². The van der Waals surface area contributed by atoms with Crippen LogP contribution in [0.2, 0.25) is 0 Å². The standard InChI is InChI=1S/C23H26F2N4O2/c1-22(21(26)31,19-8-6-16(12-27-19)5-4-15-2-3-15)29-11-10-23(24,25)18(14-29)17-7-9-20(30)28-13-17/h4-9,12-13,15,18H,2-3,10-11,14H2,1H3,(H2,26,31)(H,28,30)/b5-4-/t18-,22?/m1/s1. The minimum Gasteiger partial charge on any atom is -0.368 e. The minimum absolute atomic E-state index is 0.00267. The van der Waals surface area contributed by atoms with Gasteiger partial charge in [0.2, 0.25) is 11.5 Å². The normalized spacial score (nSPS) is 23.5. The third-order valence-electron chi connectivity index (χ3n) is 6.42. The first-order valence-electron chi connectivity index (χ1n) is 10.5. The fraction of sp³-hybridized carbons (Fsp3) is 0.435. The second-order valence-electron chi connectivity index (χ2n) is 8.61. The number of halogens is 2. The Labute approximate surface area is 179 Å². The third-order valence-corrected chi connectivity index (χ3v) is 6.42. The molecule has 1 saturated carbocycles. The molecule has 4 rings (SSSR count).